The largest absolute Gasteiger partial charge is 0.337 e. The molecule has 4 nitrogen and oxygen atoms in total. The molecule has 2 atom stereocenters. The van der Waals surface area contributed by atoms with Crippen LogP contribution in [0.1, 0.15) is 46.0 Å². The van der Waals surface area contributed by atoms with Crippen LogP contribution < -0.4 is 0 Å². The Morgan fingerprint density at radius 2 is 1.59 bits per heavy atom. The Labute approximate surface area is 160 Å². The summed E-state index contributed by atoms with van der Waals surface area (Å²) < 4.78 is 0. The van der Waals surface area contributed by atoms with E-state index in [-0.39, 0.29) is 11.7 Å². The Hall–Kier alpha value is -2.46. The normalized spacial score (nSPS) is 22.5. The van der Waals surface area contributed by atoms with E-state index in [0.717, 1.165) is 32.6 Å². The third kappa shape index (κ3) is 3.96. The number of benzene rings is 2. The maximum absolute atomic E-state index is 13.0. The van der Waals surface area contributed by atoms with Crippen molar-refractivity contribution in [3.8, 4) is 0 Å². The van der Waals surface area contributed by atoms with Crippen LogP contribution in [0.5, 0.6) is 0 Å². The Kier molecular flexibility index (Phi) is 5.08. The lowest BCUT2D eigenvalue weighted by Crippen LogP contribution is -2.43. The van der Waals surface area contributed by atoms with Crippen molar-refractivity contribution in [1.29, 1.82) is 0 Å². The van der Waals surface area contributed by atoms with E-state index in [1.54, 1.807) is 31.2 Å². The summed E-state index contributed by atoms with van der Waals surface area (Å²) in [5.74, 6) is 0.648. The Morgan fingerprint density at radius 3 is 2.30 bits per heavy atom. The zero-order valence-corrected chi connectivity index (χ0v) is 15.8. The topological polar surface area (TPSA) is 40.6 Å². The van der Waals surface area contributed by atoms with E-state index in [2.05, 4.69) is 35.2 Å². The number of piperidine rings is 1. The molecule has 140 valence electrons. The number of carbonyl (C=O) groups is 2. The number of fused-ring (bicyclic) bond motifs is 4. The molecule has 4 heteroatoms. The molecule has 2 aromatic carbocycles. The van der Waals surface area contributed by atoms with Crippen molar-refractivity contribution in [3.05, 3.63) is 71.3 Å². The maximum Gasteiger partial charge on any atom is 0.253 e. The molecule has 0 radical (unpaired) electrons. The molecule has 3 saturated heterocycles. The highest BCUT2D eigenvalue weighted by Crippen LogP contribution is 2.30. The minimum atomic E-state index is 0.0263. The van der Waals surface area contributed by atoms with Crippen LogP contribution in [-0.2, 0) is 6.54 Å². The SMILES string of the molecule is CC(=O)c1ccc(C(=O)N2C[C@@H]3CC[C@H](C2)N(Cc2ccccc2)C3)cc1. The van der Waals surface area contributed by atoms with Crippen LogP contribution in [0.25, 0.3) is 0 Å². The van der Waals surface area contributed by atoms with Gasteiger partial charge in [0.25, 0.3) is 5.91 Å². The van der Waals surface area contributed by atoms with Crippen LogP contribution >= 0.6 is 0 Å². The first-order valence-corrected chi connectivity index (χ1v) is 9.78. The van der Waals surface area contributed by atoms with Gasteiger partial charge >= 0.3 is 0 Å². The van der Waals surface area contributed by atoms with E-state index >= 15 is 0 Å². The molecule has 2 aromatic rings. The predicted molar refractivity (Wildman–Crippen MR) is 106 cm³/mol. The Balaban J connectivity index is 1.48. The van der Waals surface area contributed by atoms with Gasteiger partial charge in [-0.3, -0.25) is 14.5 Å². The molecule has 3 aliphatic heterocycles. The van der Waals surface area contributed by atoms with Gasteiger partial charge in [-0.25, -0.2) is 0 Å². The molecule has 2 bridgehead atoms. The van der Waals surface area contributed by atoms with Crippen molar-refractivity contribution in [3.63, 3.8) is 0 Å². The lowest BCUT2D eigenvalue weighted by molar-refractivity contribution is 0.0735. The summed E-state index contributed by atoms with van der Waals surface area (Å²) in [6.07, 6.45) is 2.35. The average Bonchev–Trinajstić information content (AvgIpc) is 3.00. The van der Waals surface area contributed by atoms with Crippen molar-refractivity contribution < 1.29 is 9.59 Å². The van der Waals surface area contributed by atoms with Gasteiger partial charge < -0.3 is 4.90 Å². The summed E-state index contributed by atoms with van der Waals surface area (Å²) in [6, 6.07) is 18.1. The molecule has 3 aliphatic rings. The zero-order valence-electron chi connectivity index (χ0n) is 15.8. The quantitative estimate of drug-likeness (QED) is 0.780. The molecule has 0 N–H and O–H groups in total. The first-order valence-electron chi connectivity index (χ1n) is 9.78. The highest BCUT2D eigenvalue weighted by atomic mass is 16.2. The minimum absolute atomic E-state index is 0.0263. The second-order valence-corrected chi connectivity index (χ2v) is 7.86. The molecule has 27 heavy (non-hydrogen) atoms. The van der Waals surface area contributed by atoms with Gasteiger partial charge in [0.2, 0.25) is 0 Å². The Bertz CT molecular complexity index is 816. The highest BCUT2D eigenvalue weighted by molar-refractivity contribution is 5.97. The molecule has 0 saturated carbocycles. The van der Waals surface area contributed by atoms with Crippen LogP contribution in [0.3, 0.4) is 0 Å². The second kappa shape index (κ2) is 7.65. The summed E-state index contributed by atoms with van der Waals surface area (Å²) in [6.45, 7) is 5.18. The lowest BCUT2D eigenvalue weighted by Gasteiger charge is -2.36. The van der Waals surface area contributed by atoms with E-state index in [9.17, 15) is 9.59 Å². The third-order valence-electron chi connectivity index (χ3n) is 5.88. The summed E-state index contributed by atoms with van der Waals surface area (Å²) in [5.41, 5.74) is 2.66. The monoisotopic (exact) mass is 362 g/mol. The predicted octanol–water partition coefficient (Wildman–Crippen LogP) is 3.63. The van der Waals surface area contributed by atoms with E-state index in [1.165, 1.54) is 12.0 Å². The highest BCUT2D eigenvalue weighted by Gasteiger charge is 2.36. The number of rotatable bonds is 4. The van der Waals surface area contributed by atoms with Crippen molar-refractivity contribution in [2.75, 3.05) is 19.6 Å². The molecule has 0 unspecified atom stereocenters. The molecule has 0 aliphatic carbocycles. The number of Topliss-reactive ketones (excluding diaryl/α,β-unsaturated/α-hetero) is 1. The van der Waals surface area contributed by atoms with Gasteiger partial charge in [-0.15, -0.1) is 0 Å². The number of nitrogens with zero attached hydrogens (tertiary/aromatic N) is 2. The average molecular weight is 362 g/mol. The molecule has 1 amide bonds. The van der Waals surface area contributed by atoms with E-state index in [1.807, 2.05) is 4.90 Å². The first-order chi connectivity index (χ1) is 13.1. The van der Waals surface area contributed by atoms with Crippen LogP contribution in [-0.4, -0.2) is 47.2 Å². The molecule has 3 fully saturated rings. The Morgan fingerprint density at radius 1 is 0.889 bits per heavy atom. The van der Waals surface area contributed by atoms with Gasteiger partial charge in [0.1, 0.15) is 0 Å². The number of ketones is 1. The lowest BCUT2D eigenvalue weighted by atomic mass is 9.94. The van der Waals surface area contributed by atoms with Gasteiger partial charge in [0, 0.05) is 43.3 Å². The molecular weight excluding hydrogens is 336 g/mol. The smallest absolute Gasteiger partial charge is 0.253 e. The van der Waals surface area contributed by atoms with Gasteiger partial charge in [0.05, 0.1) is 0 Å². The van der Waals surface area contributed by atoms with Crippen molar-refractivity contribution >= 4 is 11.7 Å². The summed E-state index contributed by atoms with van der Waals surface area (Å²) >= 11 is 0. The van der Waals surface area contributed by atoms with E-state index in [0.29, 0.717) is 23.1 Å². The first kappa shape index (κ1) is 17.9. The van der Waals surface area contributed by atoms with E-state index in [4.69, 9.17) is 0 Å². The van der Waals surface area contributed by atoms with Crippen LogP contribution in [0.2, 0.25) is 0 Å². The number of amides is 1. The van der Waals surface area contributed by atoms with Gasteiger partial charge in [-0.2, -0.15) is 0 Å². The van der Waals surface area contributed by atoms with Crippen molar-refractivity contribution in [1.82, 2.24) is 9.80 Å². The number of carbonyl (C=O) groups excluding carboxylic acids is 2. The van der Waals surface area contributed by atoms with Crippen molar-refractivity contribution in [2.45, 2.75) is 32.4 Å². The van der Waals surface area contributed by atoms with Gasteiger partial charge in [-0.05, 0) is 43.4 Å². The molecule has 3 heterocycles. The summed E-state index contributed by atoms with van der Waals surface area (Å²) in [7, 11) is 0. The third-order valence-corrected chi connectivity index (χ3v) is 5.88. The zero-order chi connectivity index (χ0) is 18.8. The number of hydrogen-bond donors (Lipinski definition) is 0. The van der Waals surface area contributed by atoms with E-state index < -0.39 is 0 Å². The standard InChI is InChI=1S/C23H26N2O2/c1-17(26)20-8-10-21(11-9-20)23(27)25-15-19-7-12-22(16-25)24(14-19)13-18-5-3-2-4-6-18/h2-6,8-11,19,22H,7,12-16H2,1H3/t19-,22-/m1/s1. The fourth-order valence-electron chi connectivity index (χ4n) is 4.39. The van der Waals surface area contributed by atoms with Crippen LogP contribution in [0, 0.1) is 5.92 Å². The molecule has 0 aromatic heterocycles. The molecule has 0 spiro atoms. The maximum atomic E-state index is 13.0. The summed E-state index contributed by atoms with van der Waals surface area (Å²) in [5, 5.41) is 0. The fraction of sp³-hybridized carbons (Fsp3) is 0.391. The van der Waals surface area contributed by atoms with Crippen molar-refractivity contribution in [2.24, 2.45) is 5.92 Å². The molecular formula is C23H26N2O2. The van der Waals surface area contributed by atoms with Gasteiger partial charge in [-0.1, -0.05) is 42.5 Å². The number of hydrogen-bond acceptors (Lipinski definition) is 3. The fourth-order valence-corrected chi connectivity index (χ4v) is 4.39. The van der Waals surface area contributed by atoms with Gasteiger partial charge in [0.15, 0.2) is 5.78 Å². The minimum Gasteiger partial charge on any atom is -0.337 e. The second-order valence-electron chi connectivity index (χ2n) is 7.86. The van der Waals surface area contributed by atoms with Crippen LogP contribution in [0.4, 0.5) is 0 Å². The van der Waals surface area contributed by atoms with Crippen LogP contribution in [0.15, 0.2) is 54.6 Å². The summed E-state index contributed by atoms with van der Waals surface area (Å²) in [4.78, 5) is 29.1. The molecule has 5 rings (SSSR count).